The molecule has 130 valence electrons. The molecular weight excluding hydrogens is 345 g/mol. The summed E-state index contributed by atoms with van der Waals surface area (Å²) in [6.07, 6.45) is -1.37. The van der Waals surface area contributed by atoms with E-state index in [1.165, 1.54) is 10.6 Å². The molecule has 0 aliphatic heterocycles. The van der Waals surface area contributed by atoms with Crippen molar-refractivity contribution in [3.8, 4) is 23.1 Å². The minimum absolute atomic E-state index is 0.0233. The fourth-order valence-electron chi connectivity index (χ4n) is 2.43. The summed E-state index contributed by atoms with van der Waals surface area (Å²) >= 11 is 0. The Morgan fingerprint density at radius 3 is 2.50 bits per heavy atom. The van der Waals surface area contributed by atoms with E-state index in [1.807, 2.05) is 18.2 Å². The number of fused-ring (bicyclic) bond motifs is 1. The Hall–Kier alpha value is -3.42. The largest absolute Gasteiger partial charge is 0.437 e. The minimum Gasteiger partial charge on any atom is -0.437 e. The van der Waals surface area contributed by atoms with E-state index in [9.17, 15) is 13.2 Å². The van der Waals surface area contributed by atoms with Gasteiger partial charge in [0.1, 0.15) is 22.7 Å². The van der Waals surface area contributed by atoms with Crippen LogP contribution in [0.3, 0.4) is 0 Å². The van der Waals surface area contributed by atoms with Gasteiger partial charge in [0, 0.05) is 6.20 Å². The Balaban J connectivity index is 1.83. The van der Waals surface area contributed by atoms with Gasteiger partial charge in [-0.3, -0.25) is 0 Å². The van der Waals surface area contributed by atoms with Gasteiger partial charge in [-0.15, -0.1) is 5.10 Å². The van der Waals surface area contributed by atoms with Gasteiger partial charge in [0.2, 0.25) is 11.7 Å². The molecule has 26 heavy (non-hydrogen) atoms. The molecule has 0 N–H and O–H groups in total. The number of rotatable bonds is 4. The molecule has 4 aromatic rings. The molecule has 1 aromatic carbocycles. The second kappa shape index (κ2) is 6.47. The summed E-state index contributed by atoms with van der Waals surface area (Å²) in [6, 6.07) is 14.6. The molecule has 0 radical (unpaired) electrons. The van der Waals surface area contributed by atoms with Crippen molar-refractivity contribution in [2.75, 3.05) is 0 Å². The van der Waals surface area contributed by atoms with Gasteiger partial charge in [0.15, 0.2) is 5.82 Å². The number of ether oxygens (including phenoxy) is 1. The zero-order valence-corrected chi connectivity index (χ0v) is 13.2. The van der Waals surface area contributed by atoms with E-state index in [0.29, 0.717) is 11.3 Å². The van der Waals surface area contributed by atoms with Gasteiger partial charge < -0.3 is 4.74 Å². The van der Waals surface area contributed by atoms with Crippen LogP contribution < -0.4 is 4.74 Å². The summed E-state index contributed by atoms with van der Waals surface area (Å²) in [5.74, 6) is -0.246. The molecule has 3 heterocycles. The Morgan fingerprint density at radius 2 is 1.73 bits per heavy atom. The first-order valence-electron chi connectivity index (χ1n) is 7.65. The van der Waals surface area contributed by atoms with Crippen LogP contribution >= 0.6 is 0 Å². The number of aromatic nitrogens is 4. The van der Waals surface area contributed by atoms with E-state index < -0.39 is 17.9 Å². The van der Waals surface area contributed by atoms with Crippen LogP contribution in [0.2, 0.25) is 0 Å². The predicted molar refractivity (Wildman–Crippen MR) is 87.6 cm³/mol. The first kappa shape index (κ1) is 16.1. The average Bonchev–Trinajstić information content (AvgIpc) is 3.11. The van der Waals surface area contributed by atoms with Gasteiger partial charge in [-0.2, -0.15) is 4.98 Å². The molecule has 0 atom stereocenters. The summed E-state index contributed by atoms with van der Waals surface area (Å²) in [7, 11) is 0. The van der Waals surface area contributed by atoms with Crippen molar-refractivity contribution in [2.45, 2.75) is 6.43 Å². The fourth-order valence-corrected chi connectivity index (χ4v) is 2.43. The molecule has 0 aliphatic carbocycles. The molecule has 3 aromatic heterocycles. The van der Waals surface area contributed by atoms with Gasteiger partial charge in [-0.1, -0.05) is 18.2 Å². The van der Waals surface area contributed by atoms with Crippen molar-refractivity contribution >= 4 is 5.52 Å². The van der Waals surface area contributed by atoms with Crippen LogP contribution in [0.5, 0.6) is 11.6 Å². The molecule has 0 fully saturated rings. The normalized spacial score (nSPS) is 11.2. The highest BCUT2D eigenvalue weighted by molar-refractivity contribution is 5.61. The molecule has 0 saturated heterocycles. The van der Waals surface area contributed by atoms with E-state index in [-0.39, 0.29) is 17.4 Å². The SMILES string of the molecule is Fc1ccc(-c2nc(Oc3ccccc3)c3cccn3n2)nc1C(F)F. The van der Waals surface area contributed by atoms with Crippen LogP contribution in [0.4, 0.5) is 13.2 Å². The van der Waals surface area contributed by atoms with E-state index in [2.05, 4.69) is 15.1 Å². The molecule has 0 bridgehead atoms. The summed E-state index contributed by atoms with van der Waals surface area (Å²) < 4.78 is 46.6. The zero-order valence-electron chi connectivity index (χ0n) is 13.2. The van der Waals surface area contributed by atoms with Crippen LogP contribution in [0, 0.1) is 5.82 Å². The van der Waals surface area contributed by atoms with Crippen LogP contribution in [0.15, 0.2) is 60.8 Å². The number of alkyl halides is 2. The number of hydrogen-bond donors (Lipinski definition) is 0. The fraction of sp³-hybridized carbons (Fsp3) is 0.0556. The van der Waals surface area contributed by atoms with Crippen LogP contribution in [-0.4, -0.2) is 19.6 Å². The van der Waals surface area contributed by atoms with Crippen molar-refractivity contribution in [3.63, 3.8) is 0 Å². The summed E-state index contributed by atoms with van der Waals surface area (Å²) in [4.78, 5) is 7.95. The second-order valence-corrected chi connectivity index (χ2v) is 5.36. The molecule has 5 nitrogen and oxygen atoms in total. The molecule has 0 aliphatic rings. The summed E-state index contributed by atoms with van der Waals surface area (Å²) in [5, 5.41) is 4.23. The number of benzene rings is 1. The third-order valence-corrected chi connectivity index (χ3v) is 3.62. The number of halogens is 3. The van der Waals surface area contributed by atoms with Gasteiger partial charge in [0.05, 0.1) is 0 Å². The molecule has 0 unspecified atom stereocenters. The summed E-state index contributed by atoms with van der Waals surface area (Å²) in [5.41, 5.74) is -0.326. The third kappa shape index (κ3) is 2.97. The Morgan fingerprint density at radius 1 is 0.923 bits per heavy atom. The standard InChI is InChI=1S/C18H11F3N4O/c19-12-8-9-13(22-15(12)16(20)21)17-23-18(14-7-4-10-25(14)24-17)26-11-5-2-1-3-6-11/h1-10,16H. The Labute approximate surface area is 145 Å². The molecular formula is C18H11F3N4O. The first-order chi connectivity index (χ1) is 12.6. The number of nitrogens with zero attached hydrogens (tertiary/aromatic N) is 4. The van der Waals surface area contributed by atoms with E-state index in [4.69, 9.17) is 4.74 Å². The van der Waals surface area contributed by atoms with Crippen molar-refractivity contribution in [3.05, 3.63) is 72.3 Å². The van der Waals surface area contributed by atoms with Gasteiger partial charge >= 0.3 is 0 Å². The monoisotopic (exact) mass is 356 g/mol. The second-order valence-electron chi connectivity index (χ2n) is 5.36. The molecule has 4 rings (SSSR count). The number of para-hydroxylation sites is 1. The van der Waals surface area contributed by atoms with E-state index in [0.717, 1.165) is 6.07 Å². The number of pyridine rings is 1. The number of hydrogen-bond acceptors (Lipinski definition) is 4. The van der Waals surface area contributed by atoms with Crippen LogP contribution in [-0.2, 0) is 0 Å². The predicted octanol–water partition coefficient (Wildman–Crippen LogP) is 4.66. The van der Waals surface area contributed by atoms with Crippen molar-refractivity contribution in [2.24, 2.45) is 0 Å². The maximum absolute atomic E-state index is 13.5. The average molecular weight is 356 g/mol. The van der Waals surface area contributed by atoms with Crippen molar-refractivity contribution in [1.29, 1.82) is 0 Å². The topological polar surface area (TPSA) is 52.3 Å². The minimum atomic E-state index is -3.04. The Bertz CT molecular complexity index is 1070. The molecule has 8 heteroatoms. The summed E-state index contributed by atoms with van der Waals surface area (Å²) in [6.45, 7) is 0. The lowest BCUT2D eigenvalue weighted by Gasteiger charge is -2.09. The zero-order chi connectivity index (χ0) is 18.1. The van der Waals surface area contributed by atoms with E-state index >= 15 is 0 Å². The maximum atomic E-state index is 13.5. The van der Waals surface area contributed by atoms with Crippen LogP contribution in [0.25, 0.3) is 17.0 Å². The highest BCUT2D eigenvalue weighted by Crippen LogP contribution is 2.28. The van der Waals surface area contributed by atoms with Gasteiger partial charge in [0.25, 0.3) is 6.43 Å². The van der Waals surface area contributed by atoms with Gasteiger partial charge in [-0.05, 0) is 36.4 Å². The molecule has 0 saturated carbocycles. The highest BCUT2D eigenvalue weighted by Gasteiger charge is 2.19. The smallest absolute Gasteiger partial charge is 0.283 e. The van der Waals surface area contributed by atoms with Crippen LogP contribution in [0.1, 0.15) is 12.1 Å². The lowest BCUT2D eigenvalue weighted by atomic mass is 10.3. The molecule has 0 amide bonds. The Kier molecular flexibility index (Phi) is 4.00. The van der Waals surface area contributed by atoms with E-state index in [1.54, 1.807) is 30.5 Å². The maximum Gasteiger partial charge on any atom is 0.283 e. The first-order valence-corrected chi connectivity index (χ1v) is 7.65. The van der Waals surface area contributed by atoms with Gasteiger partial charge in [-0.25, -0.2) is 22.7 Å². The lowest BCUT2D eigenvalue weighted by Crippen LogP contribution is -2.04. The molecule has 0 spiro atoms. The third-order valence-electron chi connectivity index (χ3n) is 3.62. The van der Waals surface area contributed by atoms with Crippen molar-refractivity contribution in [1.82, 2.24) is 19.6 Å². The van der Waals surface area contributed by atoms with Crippen molar-refractivity contribution < 1.29 is 17.9 Å². The lowest BCUT2D eigenvalue weighted by molar-refractivity contribution is 0.140. The quantitative estimate of drug-likeness (QED) is 0.534. The highest BCUT2D eigenvalue weighted by atomic mass is 19.3.